The van der Waals surface area contributed by atoms with Gasteiger partial charge >= 0.3 is 5.97 Å². The Morgan fingerprint density at radius 1 is 0.958 bits per heavy atom. The van der Waals surface area contributed by atoms with Crippen molar-refractivity contribution in [3.8, 4) is 0 Å². The third kappa shape index (κ3) is 14.5. The molecule has 1 saturated heterocycles. The lowest BCUT2D eigenvalue weighted by Gasteiger charge is -2.02. The van der Waals surface area contributed by atoms with Crippen LogP contribution in [0.25, 0.3) is 0 Å². The maximum atomic E-state index is 11.4. The molecule has 0 bridgehead atoms. The standard InChI is InChI=1S/C21H36O3/c1-2-3-4-5-6-7-8-9-10-11-12-13-14-15-16-17-21(22)24-19-20-18-23-20/h6-7,9-10,20H,2-5,8,11-19H2,1H3/b7-6-,10-9-/t20-/m1/s1. The summed E-state index contributed by atoms with van der Waals surface area (Å²) in [6.07, 6.45) is 23.1. The lowest BCUT2D eigenvalue weighted by Crippen LogP contribution is -2.09. The quantitative estimate of drug-likeness (QED) is 0.156. The van der Waals surface area contributed by atoms with Gasteiger partial charge in [-0.15, -0.1) is 0 Å². The number of epoxide rings is 1. The fraction of sp³-hybridized carbons (Fsp3) is 0.762. The molecule has 0 radical (unpaired) electrons. The van der Waals surface area contributed by atoms with Crippen molar-refractivity contribution in [3.05, 3.63) is 24.3 Å². The Balaban J connectivity index is 1.76. The van der Waals surface area contributed by atoms with Crippen LogP contribution in [0.4, 0.5) is 0 Å². The molecule has 3 nitrogen and oxygen atoms in total. The monoisotopic (exact) mass is 336 g/mol. The number of hydrogen-bond acceptors (Lipinski definition) is 3. The lowest BCUT2D eigenvalue weighted by molar-refractivity contribution is -0.144. The maximum absolute atomic E-state index is 11.4. The van der Waals surface area contributed by atoms with Gasteiger partial charge in [0.15, 0.2) is 0 Å². The first-order chi connectivity index (χ1) is 11.8. The molecule has 1 aliphatic heterocycles. The van der Waals surface area contributed by atoms with E-state index in [0.717, 1.165) is 25.9 Å². The van der Waals surface area contributed by atoms with Crippen molar-refractivity contribution in [2.24, 2.45) is 0 Å². The Hall–Kier alpha value is -1.09. The summed E-state index contributed by atoms with van der Waals surface area (Å²) >= 11 is 0. The molecule has 1 atom stereocenters. The highest BCUT2D eigenvalue weighted by Crippen LogP contribution is 2.11. The summed E-state index contributed by atoms with van der Waals surface area (Å²) in [7, 11) is 0. The second-order valence-electron chi connectivity index (χ2n) is 6.62. The van der Waals surface area contributed by atoms with E-state index in [0.29, 0.717) is 13.0 Å². The van der Waals surface area contributed by atoms with E-state index in [4.69, 9.17) is 9.47 Å². The molecule has 0 aliphatic carbocycles. The molecule has 0 spiro atoms. The summed E-state index contributed by atoms with van der Waals surface area (Å²) in [6.45, 7) is 3.43. The van der Waals surface area contributed by atoms with E-state index < -0.39 is 0 Å². The molecular weight excluding hydrogens is 300 g/mol. The number of rotatable bonds is 16. The molecular formula is C21H36O3. The van der Waals surface area contributed by atoms with Crippen LogP contribution in [0.1, 0.15) is 84.0 Å². The van der Waals surface area contributed by atoms with Crippen molar-refractivity contribution in [2.75, 3.05) is 13.2 Å². The Morgan fingerprint density at radius 2 is 1.58 bits per heavy atom. The van der Waals surface area contributed by atoms with Gasteiger partial charge in [0.1, 0.15) is 12.7 Å². The zero-order chi connectivity index (χ0) is 17.3. The first-order valence-electron chi connectivity index (χ1n) is 9.90. The number of esters is 1. The van der Waals surface area contributed by atoms with E-state index in [9.17, 15) is 4.79 Å². The lowest BCUT2D eigenvalue weighted by atomic mass is 10.1. The van der Waals surface area contributed by atoms with Crippen LogP contribution < -0.4 is 0 Å². The number of hydrogen-bond donors (Lipinski definition) is 0. The highest BCUT2D eigenvalue weighted by Gasteiger charge is 2.23. The van der Waals surface area contributed by atoms with Crippen LogP contribution >= 0.6 is 0 Å². The molecule has 0 aromatic heterocycles. The van der Waals surface area contributed by atoms with E-state index in [1.54, 1.807) is 0 Å². The predicted molar refractivity (Wildman–Crippen MR) is 100 cm³/mol. The predicted octanol–water partition coefficient (Wildman–Crippen LogP) is 5.74. The largest absolute Gasteiger partial charge is 0.463 e. The van der Waals surface area contributed by atoms with Gasteiger partial charge in [0.2, 0.25) is 0 Å². The highest BCUT2D eigenvalue weighted by atomic mass is 16.6. The summed E-state index contributed by atoms with van der Waals surface area (Å²) < 4.78 is 10.1. The van der Waals surface area contributed by atoms with Crippen molar-refractivity contribution < 1.29 is 14.3 Å². The summed E-state index contributed by atoms with van der Waals surface area (Å²) in [6, 6.07) is 0. The van der Waals surface area contributed by atoms with Crippen molar-refractivity contribution in [1.82, 2.24) is 0 Å². The smallest absolute Gasteiger partial charge is 0.305 e. The van der Waals surface area contributed by atoms with Gasteiger partial charge in [0.05, 0.1) is 6.61 Å². The minimum absolute atomic E-state index is 0.0730. The summed E-state index contributed by atoms with van der Waals surface area (Å²) in [5.74, 6) is -0.0730. The molecule has 0 amide bonds. The molecule has 1 fully saturated rings. The maximum Gasteiger partial charge on any atom is 0.305 e. The number of ether oxygens (including phenoxy) is 2. The average Bonchev–Trinajstić information content (AvgIpc) is 3.41. The van der Waals surface area contributed by atoms with Gasteiger partial charge in [-0.3, -0.25) is 4.79 Å². The van der Waals surface area contributed by atoms with Gasteiger partial charge in [-0.25, -0.2) is 0 Å². The molecule has 0 N–H and O–H groups in total. The van der Waals surface area contributed by atoms with E-state index in [2.05, 4.69) is 31.2 Å². The van der Waals surface area contributed by atoms with Crippen molar-refractivity contribution in [1.29, 1.82) is 0 Å². The second-order valence-corrected chi connectivity index (χ2v) is 6.62. The summed E-state index contributed by atoms with van der Waals surface area (Å²) in [5, 5.41) is 0. The van der Waals surface area contributed by atoms with Crippen molar-refractivity contribution >= 4 is 5.97 Å². The van der Waals surface area contributed by atoms with Gasteiger partial charge < -0.3 is 9.47 Å². The molecule has 0 unspecified atom stereocenters. The van der Waals surface area contributed by atoms with E-state index >= 15 is 0 Å². The van der Waals surface area contributed by atoms with Gasteiger partial charge in [0, 0.05) is 6.42 Å². The normalized spacial score (nSPS) is 17.0. The minimum Gasteiger partial charge on any atom is -0.463 e. The van der Waals surface area contributed by atoms with Crippen LogP contribution in [0.5, 0.6) is 0 Å². The minimum atomic E-state index is -0.0730. The topological polar surface area (TPSA) is 38.8 Å². The fourth-order valence-corrected chi connectivity index (χ4v) is 2.50. The van der Waals surface area contributed by atoms with Crippen molar-refractivity contribution in [2.45, 2.75) is 90.1 Å². The zero-order valence-electron chi connectivity index (χ0n) is 15.5. The zero-order valence-corrected chi connectivity index (χ0v) is 15.5. The Bertz CT molecular complexity index is 356. The van der Waals surface area contributed by atoms with E-state index in [-0.39, 0.29) is 12.1 Å². The van der Waals surface area contributed by atoms with Crippen LogP contribution in [0.2, 0.25) is 0 Å². The average molecular weight is 337 g/mol. The van der Waals surface area contributed by atoms with Gasteiger partial charge in [-0.05, 0) is 38.5 Å². The van der Waals surface area contributed by atoms with Gasteiger partial charge in [-0.2, -0.15) is 0 Å². The van der Waals surface area contributed by atoms with Crippen LogP contribution in [-0.2, 0) is 14.3 Å². The van der Waals surface area contributed by atoms with Crippen LogP contribution in [0, 0.1) is 0 Å². The van der Waals surface area contributed by atoms with Crippen LogP contribution in [-0.4, -0.2) is 25.3 Å². The summed E-state index contributed by atoms with van der Waals surface area (Å²) in [5.41, 5.74) is 0. The third-order valence-corrected chi connectivity index (χ3v) is 4.16. The molecule has 1 heterocycles. The molecule has 0 aromatic carbocycles. The van der Waals surface area contributed by atoms with E-state index in [1.807, 2.05) is 0 Å². The molecule has 24 heavy (non-hydrogen) atoms. The Kier molecular flexibility index (Phi) is 13.5. The number of unbranched alkanes of at least 4 members (excludes halogenated alkanes) is 8. The van der Waals surface area contributed by atoms with Gasteiger partial charge in [-0.1, -0.05) is 63.3 Å². The fourth-order valence-electron chi connectivity index (χ4n) is 2.50. The van der Waals surface area contributed by atoms with E-state index in [1.165, 1.54) is 51.4 Å². The van der Waals surface area contributed by atoms with Crippen LogP contribution in [0.15, 0.2) is 24.3 Å². The third-order valence-electron chi connectivity index (χ3n) is 4.16. The Morgan fingerprint density at radius 3 is 2.25 bits per heavy atom. The SMILES string of the molecule is CCCCC/C=C\C/C=C\CCCCCCCC(=O)OC[C@H]1CO1. The van der Waals surface area contributed by atoms with Crippen LogP contribution in [0.3, 0.4) is 0 Å². The molecule has 138 valence electrons. The number of carbonyl (C=O) groups is 1. The van der Waals surface area contributed by atoms with Gasteiger partial charge in [0.25, 0.3) is 0 Å². The highest BCUT2D eigenvalue weighted by molar-refractivity contribution is 5.69. The second kappa shape index (κ2) is 15.4. The first kappa shape index (κ1) is 21.0. The molecule has 3 heteroatoms. The molecule has 1 aliphatic rings. The summed E-state index contributed by atoms with van der Waals surface area (Å²) in [4.78, 5) is 11.4. The molecule has 0 saturated carbocycles. The molecule has 1 rings (SSSR count). The van der Waals surface area contributed by atoms with Crippen molar-refractivity contribution in [3.63, 3.8) is 0 Å². The first-order valence-corrected chi connectivity index (χ1v) is 9.90. The Labute approximate surface area is 148 Å². The number of allylic oxidation sites excluding steroid dienone is 4. The number of carbonyl (C=O) groups excluding carboxylic acids is 1. The molecule has 0 aromatic rings.